The Hall–Kier alpha value is -3.02. The molecule has 0 aliphatic heterocycles. The van der Waals surface area contributed by atoms with E-state index in [1.54, 1.807) is 17.1 Å². The second-order valence-electron chi connectivity index (χ2n) is 6.71. The molecule has 6 nitrogen and oxygen atoms in total. The van der Waals surface area contributed by atoms with Gasteiger partial charge in [-0.15, -0.1) is 5.10 Å². The number of hydrogen-bond donors (Lipinski definition) is 0. The quantitative estimate of drug-likeness (QED) is 0.645. The maximum atomic E-state index is 13.2. The van der Waals surface area contributed by atoms with E-state index < -0.39 is 0 Å². The fourth-order valence-electron chi connectivity index (χ4n) is 2.93. The third kappa shape index (κ3) is 4.39. The molecule has 0 saturated carbocycles. The van der Waals surface area contributed by atoms with Crippen LogP contribution in [0.2, 0.25) is 0 Å². The summed E-state index contributed by atoms with van der Waals surface area (Å²) >= 11 is 0. The van der Waals surface area contributed by atoms with E-state index in [0.717, 1.165) is 23.2 Å². The van der Waals surface area contributed by atoms with Crippen molar-refractivity contribution in [3.8, 4) is 0 Å². The monoisotopic (exact) mass is 363 g/mol. The predicted octanol–water partition coefficient (Wildman–Crippen LogP) is 3.47. The third-order valence-electron chi connectivity index (χ3n) is 4.85. The van der Waals surface area contributed by atoms with Crippen LogP contribution in [0, 0.1) is 6.92 Å². The van der Waals surface area contributed by atoms with Crippen molar-refractivity contribution in [2.45, 2.75) is 46.3 Å². The molecule has 140 valence electrons. The molecule has 0 aliphatic rings. The Morgan fingerprint density at radius 1 is 1.11 bits per heavy atom. The van der Waals surface area contributed by atoms with Crippen molar-refractivity contribution in [1.82, 2.24) is 24.9 Å². The van der Waals surface area contributed by atoms with E-state index in [-0.39, 0.29) is 11.9 Å². The second-order valence-corrected chi connectivity index (χ2v) is 6.71. The molecule has 2 aromatic heterocycles. The Morgan fingerprint density at radius 3 is 2.48 bits per heavy atom. The molecule has 6 heteroatoms. The van der Waals surface area contributed by atoms with Gasteiger partial charge in [0.15, 0.2) is 5.69 Å². The highest BCUT2D eigenvalue weighted by molar-refractivity contribution is 5.93. The van der Waals surface area contributed by atoms with E-state index in [4.69, 9.17) is 0 Å². The molecule has 2 heterocycles. The van der Waals surface area contributed by atoms with Crippen LogP contribution in [0.1, 0.15) is 47.6 Å². The Balaban J connectivity index is 1.83. The first-order chi connectivity index (χ1) is 13.1. The summed E-state index contributed by atoms with van der Waals surface area (Å²) in [7, 11) is 0. The molecule has 0 bridgehead atoms. The molecule has 0 N–H and O–H groups in total. The SMILES string of the molecule is CC[C@H](C)N(Cc1ccncc1)C(=O)c1nnn(Cc2ccccc2)c1C. The van der Waals surface area contributed by atoms with Gasteiger partial charge < -0.3 is 4.90 Å². The van der Waals surface area contributed by atoms with Crippen LogP contribution in [-0.2, 0) is 13.1 Å². The van der Waals surface area contributed by atoms with Crippen LogP contribution in [0.4, 0.5) is 0 Å². The zero-order valence-electron chi connectivity index (χ0n) is 16.0. The summed E-state index contributed by atoms with van der Waals surface area (Å²) in [5, 5.41) is 8.42. The second kappa shape index (κ2) is 8.58. The number of pyridine rings is 1. The molecule has 0 spiro atoms. The van der Waals surface area contributed by atoms with Gasteiger partial charge in [0.2, 0.25) is 0 Å². The topological polar surface area (TPSA) is 63.9 Å². The lowest BCUT2D eigenvalue weighted by molar-refractivity contribution is 0.0664. The third-order valence-corrected chi connectivity index (χ3v) is 4.85. The number of aromatic nitrogens is 4. The van der Waals surface area contributed by atoms with Crippen molar-refractivity contribution in [2.75, 3.05) is 0 Å². The van der Waals surface area contributed by atoms with Crippen molar-refractivity contribution in [2.24, 2.45) is 0 Å². The van der Waals surface area contributed by atoms with Gasteiger partial charge in [0.1, 0.15) is 0 Å². The van der Waals surface area contributed by atoms with Gasteiger partial charge in [0, 0.05) is 25.0 Å². The maximum absolute atomic E-state index is 13.2. The van der Waals surface area contributed by atoms with Crippen LogP contribution in [0.15, 0.2) is 54.9 Å². The van der Waals surface area contributed by atoms with E-state index >= 15 is 0 Å². The normalized spacial score (nSPS) is 12.0. The van der Waals surface area contributed by atoms with Gasteiger partial charge in [0.05, 0.1) is 12.2 Å². The Labute approximate surface area is 159 Å². The van der Waals surface area contributed by atoms with Crippen LogP contribution >= 0.6 is 0 Å². The van der Waals surface area contributed by atoms with Crippen LogP contribution < -0.4 is 0 Å². The van der Waals surface area contributed by atoms with Gasteiger partial charge >= 0.3 is 0 Å². The number of carbonyl (C=O) groups excluding carboxylic acids is 1. The van der Waals surface area contributed by atoms with Gasteiger partial charge in [-0.1, -0.05) is 42.5 Å². The average Bonchev–Trinajstić information content (AvgIpc) is 3.07. The summed E-state index contributed by atoms with van der Waals surface area (Å²) in [4.78, 5) is 19.1. The Kier molecular flexibility index (Phi) is 5.96. The van der Waals surface area contributed by atoms with E-state index in [9.17, 15) is 4.79 Å². The van der Waals surface area contributed by atoms with Gasteiger partial charge in [-0.2, -0.15) is 0 Å². The summed E-state index contributed by atoms with van der Waals surface area (Å²) in [5.74, 6) is -0.0852. The van der Waals surface area contributed by atoms with Crippen molar-refractivity contribution in [3.05, 3.63) is 77.4 Å². The molecule has 3 rings (SSSR count). The minimum atomic E-state index is -0.0852. The zero-order valence-corrected chi connectivity index (χ0v) is 16.0. The molecule has 1 atom stereocenters. The number of amides is 1. The van der Waals surface area contributed by atoms with Gasteiger partial charge in [-0.3, -0.25) is 9.78 Å². The summed E-state index contributed by atoms with van der Waals surface area (Å²) < 4.78 is 1.78. The molecule has 3 aromatic rings. The summed E-state index contributed by atoms with van der Waals surface area (Å²) in [6, 6.07) is 14.0. The first-order valence-electron chi connectivity index (χ1n) is 9.24. The lowest BCUT2D eigenvalue weighted by Crippen LogP contribution is -2.38. The molecule has 0 saturated heterocycles. The zero-order chi connectivity index (χ0) is 19.2. The number of hydrogen-bond acceptors (Lipinski definition) is 4. The summed E-state index contributed by atoms with van der Waals surface area (Å²) in [6.07, 6.45) is 4.36. The minimum absolute atomic E-state index is 0.0852. The maximum Gasteiger partial charge on any atom is 0.276 e. The largest absolute Gasteiger partial charge is 0.330 e. The average molecular weight is 363 g/mol. The summed E-state index contributed by atoms with van der Waals surface area (Å²) in [6.45, 7) is 7.17. The molecule has 1 aromatic carbocycles. The fraction of sp³-hybridized carbons (Fsp3) is 0.333. The number of carbonyl (C=O) groups is 1. The van der Waals surface area contributed by atoms with Crippen molar-refractivity contribution < 1.29 is 4.79 Å². The minimum Gasteiger partial charge on any atom is -0.330 e. The first kappa shape index (κ1) is 18.8. The molecule has 0 aliphatic carbocycles. The highest BCUT2D eigenvalue weighted by Gasteiger charge is 2.26. The molecular formula is C21H25N5O. The summed E-state index contributed by atoms with van der Waals surface area (Å²) in [5.41, 5.74) is 3.38. The number of nitrogens with zero attached hydrogens (tertiary/aromatic N) is 5. The molecule has 0 radical (unpaired) electrons. The van der Waals surface area contributed by atoms with Crippen LogP contribution in [0.25, 0.3) is 0 Å². The highest BCUT2D eigenvalue weighted by atomic mass is 16.2. The highest BCUT2D eigenvalue weighted by Crippen LogP contribution is 2.16. The van der Waals surface area contributed by atoms with Crippen LogP contribution in [0.3, 0.4) is 0 Å². The Morgan fingerprint density at radius 2 is 1.81 bits per heavy atom. The van der Waals surface area contributed by atoms with Crippen molar-refractivity contribution in [3.63, 3.8) is 0 Å². The van der Waals surface area contributed by atoms with Gasteiger partial charge in [-0.25, -0.2) is 4.68 Å². The van der Waals surface area contributed by atoms with Gasteiger partial charge in [0.25, 0.3) is 5.91 Å². The molecule has 0 unspecified atom stereocenters. The van der Waals surface area contributed by atoms with E-state index in [1.165, 1.54) is 0 Å². The van der Waals surface area contributed by atoms with E-state index in [2.05, 4.69) is 29.1 Å². The Bertz CT molecular complexity index is 876. The van der Waals surface area contributed by atoms with Crippen molar-refractivity contribution >= 4 is 5.91 Å². The van der Waals surface area contributed by atoms with Crippen molar-refractivity contribution in [1.29, 1.82) is 0 Å². The first-order valence-corrected chi connectivity index (χ1v) is 9.24. The predicted molar refractivity (Wildman–Crippen MR) is 104 cm³/mol. The number of rotatable bonds is 7. The van der Waals surface area contributed by atoms with Crippen LogP contribution in [0.5, 0.6) is 0 Å². The van der Waals surface area contributed by atoms with E-state index in [1.807, 2.05) is 54.3 Å². The smallest absolute Gasteiger partial charge is 0.276 e. The molecule has 1 amide bonds. The van der Waals surface area contributed by atoms with E-state index in [0.29, 0.717) is 18.8 Å². The standard InChI is InChI=1S/C21H25N5O/c1-4-16(2)25(14-19-10-12-22-13-11-19)21(27)20-17(3)26(24-23-20)15-18-8-6-5-7-9-18/h5-13,16H,4,14-15H2,1-3H3/t16-/m0/s1. The molecule has 27 heavy (non-hydrogen) atoms. The fourth-order valence-corrected chi connectivity index (χ4v) is 2.93. The van der Waals surface area contributed by atoms with Gasteiger partial charge in [-0.05, 0) is 43.5 Å². The molecular weight excluding hydrogens is 338 g/mol. The van der Waals surface area contributed by atoms with Crippen LogP contribution in [-0.4, -0.2) is 36.8 Å². The lowest BCUT2D eigenvalue weighted by Gasteiger charge is -2.28. The lowest BCUT2D eigenvalue weighted by atomic mass is 10.1. The number of benzene rings is 1. The molecule has 0 fully saturated rings.